The molecule has 0 N–H and O–H groups in total. The molecule has 102 valence electrons. The molecule has 3 aromatic carbocycles. The molecule has 0 spiro atoms. The van der Waals surface area contributed by atoms with Crippen molar-refractivity contribution < 1.29 is 4.42 Å². The molecule has 1 nitrogen and oxygen atoms in total. The Labute approximate surface area is 135 Å². The van der Waals surface area contributed by atoms with Crippen molar-refractivity contribution in [3.8, 4) is 11.1 Å². The van der Waals surface area contributed by atoms with Crippen molar-refractivity contribution in [3.63, 3.8) is 0 Å². The monoisotopic (exact) mass is 356 g/mol. The predicted octanol–water partition coefficient (Wildman–Crippen LogP) is 6.67. The standard InChI is InChI=1S/C18H10BrClO/c19-13-4-1-3-11(9-13)12-7-8-14-15-5-2-6-16(20)18(15)21-17(14)10-12/h1-10H. The Morgan fingerprint density at radius 1 is 0.810 bits per heavy atom. The van der Waals surface area contributed by atoms with Gasteiger partial charge in [-0.3, -0.25) is 0 Å². The van der Waals surface area contributed by atoms with Crippen LogP contribution in [0, 0.1) is 0 Å². The SMILES string of the molecule is Clc1cccc2c1oc1cc(-c3cccc(Br)c3)ccc12. The summed E-state index contributed by atoms with van der Waals surface area (Å²) in [5.74, 6) is 0. The molecule has 1 heterocycles. The molecule has 0 aliphatic heterocycles. The van der Waals surface area contributed by atoms with Crippen molar-refractivity contribution in [3.05, 3.63) is 70.2 Å². The van der Waals surface area contributed by atoms with Gasteiger partial charge in [-0.15, -0.1) is 0 Å². The molecule has 1 aromatic heterocycles. The molecule has 0 unspecified atom stereocenters. The van der Waals surface area contributed by atoms with Gasteiger partial charge >= 0.3 is 0 Å². The van der Waals surface area contributed by atoms with Crippen LogP contribution < -0.4 is 0 Å². The lowest BCUT2D eigenvalue weighted by molar-refractivity contribution is 0.669. The van der Waals surface area contributed by atoms with Crippen molar-refractivity contribution in [2.75, 3.05) is 0 Å². The first-order chi connectivity index (χ1) is 10.2. The van der Waals surface area contributed by atoms with Gasteiger partial charge in [0.1, 0.15) is 5.58 Å². The van der Waals surface area contributed by atoms with Crippen LogP contribution in [0.5, 0.6) is 0 Å². The van der Waals surface area contributed by atoms with Gasteiger partial charge in [-0.1, -0.05) is 57.9 Å². The van der Waals surface area contributed by atoms with E-state index < -0.39 is 0 Å². The molecule has 0 amide bonds. The van der Waals surface area contributed by atoms with E-state index in [4.69, 9.17) is 16.0 Å². The Hall–Kier alpha value is -1.77. The summed E-state index contributed by atoms with van der Waals surface area (Å²) in [6.45, 7) is 0. The molecule has 0 atom stereocenters. The second kappa shape index (κ2) is 4.90. The van der Waals surface area contributed by atoms with Crippen LogP contribution in [0.3, 0.4) is 0 Å². The van der Waals surface area contributed by atoms with Crippen LogP contribution in [-0.4, -0.2) is 0 Å². The first-order valence-corrected chi connectivity index (χ1v) is 7.76. The lowest BCUT2D eigenvalue weighted by Gasteiger charge is -2.02. The van der Waals surface area contributed by atoms with Crippen molar-refractivity contribution >= 4 is 49.5 Å². The van der Waals surface area contributed by atoms with E-state index in [2.05, 4.69) is 46.3 Å². The van der Waals surface area contributed by atoms with E-state index in [0.29, 0.717) is 5.02 Å². The van der Waals surface area contributed by atoms with Crippen LogP contribution >= 0.6 is 27.5 Å². The number of para-hydroxylation sites is 1. The van der Waals surface area contributed by atoms with Crippen molar-refractivity contribution in [1.29, 1.82) is 0 Å². The largest absolute Gasteiger partial charge is 0.454 e. The average molecular weight is 358 g/mol. The molecular formula is C18H10BrClO. The molecular weight excluding hydrogens is 348 g/mol. The summed E-state index contributed by atoms with van der Waals surface area (Å²) in [5.41, 5.74) is 3.88. The Morgan fingerprint density at radius 2 is 1.62 bits per heavy atom. The highest BCUT2D eigenvalue weighted by molar-refractivity contribution is 9.10. The number of fused-ring (bicyclic) bond motifs is 3. The highest BCUT2D eigenvalue weighted by atomic mass is 79.9. The Bertz CT molecular complexity index is 971. The molecule has 0 radical (unpaired) electrons. The predicted molar refractivity (Wildman–Crippen MR) is 91.9 cm³/mol. The van der Waals surface area contributed by atoms with E-state index in [1.54, 1.807) is 0 Å². The minimum atomic E-state index is 0.646. The van der Waals surface area contributed by atoms with E-state index in [9.17, 15) is 0 Å². The van der Waals surface area contributed by atoms with Crippen LogP contribution in [0.1, 0.15) is 0 Å². The van der Waals surface area contributed by atoms with Crippen LogP contribution in [0.15, 0.2) is 69.6 Å². The maximum Gasteiger partial charge on any atom is 0.153 e. The van der Waals surface area contributed by atoms with Crippen molar-refractivity contribution in [2.24, 2.45) is 0 Å². The zero-order valence-corrected chi connectivity index (χ0v) is 13.3. The smallest absolute Gasteiger partial charge is 0.153 e. The van der Waals surface area contributed by atoms with Gasteiger partial charge in [0.25, 0.3) is 0 Å². The Kier molecular flexibility index (Phi) is 3.02. The third kappa shape index (κ3) is 2.15. The lowest BCUT2D eigenvalue weighted by Crippen LogP contribution is -1.77. The van der Waals surface area contributed by atoms with E-state index in [0.717, 1.165) is 37.5 Å². The second-order valence-electron chi connectivity index (χ2n) is 4.94. The number of hydrogen-bond donors (Lipinski definition) is 0. The number of hydrogen-bond acceptors (Lipinski definition) is 1. The number of furan rings is 1. The zero-order valence-electron chi connectivity index (χ0n) is 10.9. The fraction of sp³-hybridized carbons (Fsp3) is 0. The number of rotatable bonds is 1. The minimum absolute atomic E-state index is 0.646. The quantitative estimate of drug-likeness (QED) is 0.371. The minimum Gasteiger partial charge on any atom is -0.454 e. The Balaban J connectivity index is 1.98. The van der Waals surface area contributed by atoms with Gasteiger partial charge in [-0.05, 0) is 41.5 Å². The molecule has 0 bridgehead atoms. The van der Waals surface area contributed by atoms with Gasteiger partial charge in [0.2, 0.25) is 0 Å². The van der Waals surface area contributed by atoms with Crippen LogP contribution in [0.2, 0.25) is 5.02 Å². The maximum absolute atomic E-state index is 6.21. The van der Waals surface area contributed by atoms with Gasteiger partial charge in [0, 0.05) is 15.2 Å². The fourth-order valence-corrected chi connectivity index (χ4v) is 3.22. The van der Waals surface area contributed by atoms with Crippen LogP contribution in [-0.2, 0) is 0 Å². The second-order valence-corrected chi connectivity index (χ2v) is 6.26. The summed E-state index contributed by atoms with van der Waals surface area (Å²) in [6.07, 6.45) is 0. The normalized spacial score (nSPS) is 11.3. The van der Waals surface area contributed by atoms with Crippen molar-refractivity contribution in [1.82, 2.24) is 0 Å². The first kappa shape index (κ1) is 12.9. The molecule has 0 saturated heterocycles. The first-order valence-electron chi connectivity index (χ1n) is 6.59. The van der Waals surface area contributed by atoms with Crippen LogP contribution in [0.4, 0.5) is 0 Å². The summed E-state index contributed by atoms with van der Waals surface area (Å²) < 4.78 is 6.99. The van der Waals surface area contributed by atoms with E-state index >= 15 is 0 Å². The zero-order chi connectivity index (χ0) is 14.4. The topological polar surface area (TPSA) is 13.1 Å². The molecule has 0 aliphatic rings. The molecule has 21 heavy (non-hydrogen) atoms. The van der Waals surface area contributed by atoms with Gasteiger partial charge in [0.05, 0.1) is 5.02 Å². The summed E-state index contributed by atoms with van der Waals surface area (Å²) in [7, 11) is 0. The highest BCUT2D eigenvalue weighted by Gasteiger charge is 2.10. The Morgan fingerprint density at radius 3 is 2.48 bits per heavy atom. The van der Waals surface area contributed by atoms with Gasteiger partial charge in [-0.25, -0.2) is 0 Å². The van der Waals surface area contributed by atoms with E-state index in [1.165, 1.54) is 0 Å². The van der Waals surface area contributed by atoms with E-state index in [-0.39, 0.29) is 0 Å². The molecule has 3 heteroatoms. The summed E-state index contributed by atoms with van der Waals surface area (Å²) in [5, 5.41) is 2.79. The molecule has 0 saturated carbocycles. The molecule has 4 aromatic rings. The van der Waals surface area contributed by atoms with Gasteiger partial charge in [-0.2, -0.15) is 0 Å². The fourth-order valence-electron chi connectivity index (χ4n) is 2.61. The number of benzene rings is 3. The summed E-state index contributed by atoms with van der Waals surface area (Å²) >= 11 is 9.71. The maximum atomic E-state index is 6.21. The molecule has 4 rings (SSSR count). The summed E-state index contributed by atoms with van der Waals surface area (Å²) in [4.78, 5) is 0. The highest BCUT2D eigenvalue weighted by Crippen LogP contribution is 2.35. The van der Waals surface area contributed by atoms with Crippen LogP contribution in [0.25, 0.3) is 33.1 Å². The van der Waals surface area contributed by atoms with Gasteiger partial charge in [0.15, 0.2) is 5.58 Å². The lowest BCUT2D eigenvalue weighted by atomic mass is 10.0. The summed E-state index contributed by atoms with van der Waals surface area (Å²) in [6, 6.07) is 20.3. The average Bonchev–Trinajstić information content (AvgIpc) is 2.87. The van der Waals surface area contributed by atoms with Gasteiger partial charge < -0.3 is 4.42 Å². The third-order valence-corrected chi connectivity index (χ3v) is 4.40. The number of halogens is 2. The molecule has 0 fully saturated rings. The van der Waals surface area contributed by atoms with Crippen molar-refractivity contribution in [2.45, 2.75) is 0 Å². The van der Waals surface area contributed by atoms with E-state index in [1.807, 2.05) is 30.3 Å². The molecule has 0 aliphatic carbocycles. The third-order valence-electron chi connectivity index (χ3n) is 3.61.